The maximum Gasteiger partial charge on any atom is 0.183 e. The first-order valence-corrected chi connectivity index (χ1v) is 7.26. The van der Waals surface area contributed by atoms with E-state index in [-0.39, 0.29) is 11.8 Å². The summed E-state index contributed by atoms with van der Waals surface area (Å²) in [4.78, 5) is 0. The van der Waals surface area contributed by atoms with Gasteiger partial charge in [-0.2, -0.15) is 10.5 Å². The number of aryl methyl sites for hydroxylation is 1. The highest BCUT2D eigenvalue weighted by molar-refractivity contribution is 5.46. The van der Waals surface area contributed by atoms with Gasteiger partial charge in [0.05, 0.1) is 12.1 Å². The summed E-state index contributed by atoms with van der Waals surface area (Å²) in [5.41, 5.74) is 0.268. The van der Waals surface area contributed by atoms with Gasteiger partial charge in [0, 0.05) is 13.0 Å². The Labute approximate surface area is 125 Å². The molecule has 3 atom stereocenters. The van der Waals surface area contributed by atoms with Crippen LogP contribution in [0.1, 0.15) is 29.9 Å². The molecule has 0 radical (unpaired) electrons. The van der Waals surface area contributed by atoms with Crippen LogP contribution in [0.5, 0.6) is 0 Å². The van der Waals surface area contributed by atoms with Crippen LogP contribution in [0.15, 0.2) is 36.4 Å². The first-order chi connectivity index (χ1) is 10.1. The van der Waals surface area contributed by atoms with Gasteiger partial charge in [0.25, 0.3) is 0 Å². The molecule has 3 heteroatoms. The van der Waals surface area contributed by atoms with Gasteiger partial charge in [-0.3, -0.25) is 0 Å². The predicted octanol–water partition coefficient (Wildman–Crippen LogP) is 3.48. The third kappa shape index (κ3) is 1.62. The topological polar surface area (TPSA) is 56.8 Å². The molecular formula is C18H18N2O. The summed E-state index contributed by atoms with van der Waals surface area (Å²) in [5, 5.41) is 19.8. The van der Waals surface area contributed by atoms with Gasteiger partial charge in [0.1, 0.15) is 5.60 Å². The van der Waals surface area contributed by atoms with Gasteiger partial charge in [-0.25, -0.2) is 0 Å². The molecule has 106 valence electrons. The molecular weight excluding hydrogens is 260 g/mol. The van der Waals surface area contributed by atoms with Crippen molar-refractivity contribution < 1.29 is 4.74 Å². The van der Waals surface area contributed by atoms with Crippen molar-refractivity contribution in [1.82, 2.24) is 0 Å². The van der Waals surface area contributed by atoms with Crippen molar-refractivity contribution in [2.75, 3.05) is 7.11 Å². The molecule has 0 N–H and O–H groups in total. The summed E-state index contributed by atoms with van der Waals surface area (Å²) in [6.07, 6.45) is 5.77. The van der Waals surface area contributed by atoms with Gasteiger partial charge in [-0.1, -0.05) is 36.4 Å². The standard InChI is InChI=1S/C18H18N2O/c1-13-5-3-4-6-15(13)16-14-7-9-18(21-2,10-8-14)17(16,11-19)12-20/h3-7,9,14,16H,8,10H2,1-2H3/t14-,16+,18-/m0/s1. The Hall–Kier alpha value is -2.10. The molecule has 4 rings (SSSR count). The molecule has 3 nitrogen and oxygen atoms in total. The second kappa shape index (κ2) is 4.72. The second-order valence-corrected chi connectivity index (χ2v) is 6.02. The summed E-state index contributed by atoms with van der Waals surface area (Å²) in [6, 6.07) is 12.7. The van der Waals surface area contributed by atoms with Crippen LogP contribution in [0.25, 0.3) is 0 Å². The van der Waals surface area contributed by atoms with Crippen LogP contribution in [-0.4, -0.2) is 12.7 Å². The van der Waals surface area contributed by atoms with Gasteiger partial charge in [-0.05, 0) is 36.8 Å². The summed E-state index contributed by atoms with van der Waals surface area (Å²) < 4.78 is 5.72. The summed E-state index contributed by atoms with van der Waals surface area (Å²) in [5.74, 6) is 0.0924. The number of hydrogen-bond acceptors (Lipinski definition) is 3. The van der Waals surface area contributed by atoms with Crippen molar-refractivity contribution in [2.45, 2.75) is 31.3 Å². The third-order valence-electron chi connectivity index (χ3n) is 5.26. The number of fused-ring (bicyclic) bond motifs is 2. The molecule has 0 unspecified atom stereocenters. The Bertz CT molecular complexity index is 665. The Kier molecular flexibility index (Phi) is 3.12. The predicted molar refractivity (Wildman–Crippen MR) is 79.2 cm³/mol. The molecule has 3 aliphatic rings. The zero-order chi connectivity index (χ0) is 15.1. The van der Waals surface area contributed by atoms with E-state index in [9.17, 15) is 10.5 Å². The minimum Gasteiger partial charge on any atom is -0.371 e. The number of allylic oxidation sites excluding steroid dienone is 1. The average Bonchev–Trinajstić information content (AvgIpc) is 2.55. The van der Waals surface area contributed by atoms with Gasteiger partial charge in [-0.15, -0.1) is 0 Å². The van der Waals surface area contributed by atoms with Gasteiger partial charge >= 0.3 is 0 Å². The smallest absolute Gasteiger partial charge is 0.183 e. The maximum absolute atomic E-state index is 9.90. The van der Waals surface area contributed by atoms with E-state index in [4.69, 9.17) is 4.74 Å². The number of benzene rings is 1. The molecule has 0 aromatic heterocycles. The highest BCUT2D eigenvalue weighted by Crippen LogP contribution is 2.60. The van der Waals surface area contributed by atoms with Crippen molar-refractivity contribution in [3.8, 4) is 12.1 Å². The molecule has 3 aliphatic carbocycles. The Balaban J connectivity index is 2.26. The van der Waals surface area contributed by atoms with E-state index in [1.165, 1.54) is 0 Å². The van der Waals surface area contributed by atoms with Crippen LogP contribution in [0.4, 0.5) is 0 Å². The van der Waals surface area contributed by atoms with E-state index in [1.807, 2.05) is 37.3 Å². The van der Waals surface area contributed by atoms with E-state index in [2.05, 4.69) is 18.2 Å². The molecule has 2 bridgehead atoms. The van der Waals surface area contributed by atoms with E-state index < -0.39 is 11.0 Å². The van der Waals surface area contributed by atoms with Crippen LogP contribution in [0.3, 0.4) is 0 Å². The lowest BCUT2D eigenvalue weighted by molar-refractivity contribution is -0.0826. The quantitative estimate of drug-likeness (QED) is 0.778. The van der Waals surface area contributed by atoms with Crippen LogP contribution in [-0.2, 0) is 4.74 Å². The zero-order valence-electron chi connectivity index (χ0n) is 12.3. The van der Waals surface area contributed by atoms with Crippen molar-refractivity contribution in [2.24, 2.45) is 11.3 Å². The largest absolute Gasteiger partial charge is 0.371 e. The molecule has 1 fully saturated rings. The van der Waals surface area contributed by atoms with Crippen LogP contribution in [0, 0.1) is 40.9 Å². The maximum atomic E-state index is 9.90. The van der Waals surface area contributed by atoms with E-state index in [0.717, 1.165) is 24.0 Å². The van der Waals surface area contributed by atoms with Gasteiger partial charge in [0.15, 0.2) is 5.41 Å². The van der Waals surface area contributed by atoms with Crippen molar-refractivity contribution in [1.29, 1.82) is 10.5 Å². The highest BCUT2D eigenvalue weighted by Gasteiger charge is 2.64. The Morgan fingerprint density at radius 1 is 1.24 bits per heavy atom. The minimum atomic E-state index is -1.16. The van der Waals surface area contributed by atoms with E-state index >= 15 is 0 Å². The monoisotopic (exact) mass is 278 g/mol. The summed E-state index contributed by atoms with van der Waals surface area (Å²) >= 11 is 0. The fourth-order valence-corrected chi connectivity index (χ4v) is 4.11. The summed E-state index contributed by atoms with van der Waals surface area (Å²) in [6.45, 7) is 2.04. The van der Waals surface area contributed by atoms with Crippen molar-refractivity contribution >= 4 is 0 Å². The molecule has 21 heavy (non-hydrogen) atoms. The van der Waals surface area contributed by atoms with Crippen LogP contribution in [0.2, 0.25) is 0 Å². The number of rotatable bonds is 2. The van der Waals surface area contributed by atoms with E-state index in [1.54, 1.807) is 7.11 Å². The van der Waals surface area contributed by atoms with Gasteiger partial charge in [0.2, 0.25) is 0 Å². The van der Waals surface area contributed by atoms with E-state index in [0.29, 0.717) is 0 Å². The SMILES string of the molecule is CO[C@@]12C=C[C@@H](CC1)[C@H](c1ccccc1C)C2(C#N)C#N. The number of hydrogen-bond donors (Lipinski definition) is 0. The second-order valence-electron chi connectivity index (χ2n) is 6.02. The molecule has 1 aromatic rings. The fourth-order valence-electron chi connectivity index (χ4n) is 4.11. The highest BCUT2D eigenvalue weighted by atomic mass is 16.5. The van der Waals surface area contributed by atoms with Crippen LogP contribution < -0.4 is 0 Å². The fraction of sp³-hybridized carbons (Fsp3) is 0.444. The lowest BCUT2D eigenvalue weighted by Crippen LogP contribution is -2.58. The molecule has 0 saturated heterocycles. The third-order valence-corrected chi connectivity index (χ3v) is 5.26. The lowest BCUT2D eigenvalue weighted by atomic mass is 9.50. The molecule has 1 aromatic carbocycles. The van der Waals surface area contributed by atoms with Crippen molar-refractivity contribution in [3.05, 3.63) is 47.5 Å². The first kappa shape index (κ1) is 13.9. The minimum absolute atomic E-state index is 0.132. The number of nitrogens with zero attached hydrogens (tertiary/aromatic N) is 2. The molecule has 1 saturated carbocycles. The molecule has 0 heterocycles. The number of methoxy groups -OCH3 is 1. The zero-order valence-corrected chi connectivity index (χ0v) is 12.3. The molecule has 0 amide bonds. The Morgan fingerprint density at radius 3 is 2.48 bits per heavy atom. The number of nitriles is 2. The van der Waals surface area contributed by atoms with Crippen molar-refractivity contribution in [3.63, 3.8) is 0 Å². The van der Waals surface area contributed by atoms with Crippen LogP contribution >= 0.6 is 0 Å². The first-order valence-electron chi connectivity index (χ1n) is 7.26. The number of ether oxygens (including phenoxy) is 1. The van der Waals surface area contributed by atoms with Gasteiger partial charge < -0.3 is 4.74 Å². The Morgan fingerprint density at radius 2 is 1.95 bits per heavy atom. The molecule has 0 aliphatic heterocycles. The summed E-state index contributed by atoms with van der Waals surface area (Å²) in [7, 11) is 1.61. The molecule has 0 spiro atoms. The normalized spacial score (nSPS) is 32.4. The lowest BCUT2D eigenvalue weighted by Gasteiger charge is -2.54. The average molecular weight is 278 g/mol.